The predicted octanol–water partition coefficient (Wildman–Crippen LogP) is 0.539. The first-order valence-electron chi connectivity index (χ1n) is 7.10. The Morgan fingerprint density at radius 1 is 1.39 bits per heavy atom. The summed E-state index contributed by atoms with van der Waals surface area (Å²) in [6, 6.07) is 4.92. The topological polar surface area (TPSA) is 102 Å². The number of nitrogens with two attached hydrogens (primary N) is 1. The van der Waals surface area contributed by atoms with Crippen molar-refractivity contribution in [2.24, 2.45) is 5.73 Å². The lowest BCUT2D eigenvalue weighted by Gasteiger charge is -2.48. The van der Waals surface area contributed by atoms with Gasteiger partial charge in [-0.1, -0.05) is 6.07 Å². The van der Waals surface area contributed by atoms with Gasteiger partial charge >= 0.3 is 5.97 Å². The van der Waals surface area contributed by atoms with Crippen molar-refractivity contribution in [2.45, 2.75) is 17.8 Å². The summed E-state index contributed by atoms with van der Waals surface area (Å²) < 4.78 is 10.6. The molecule has 1 fully saturated rings. The summed E-state index contributed by atoms with van der Waals surface area (Å²) in [6.07, 6.45) is 0.441. The van der Waals surface area contributed by atoms with Crippen LogP contribution in [-0.4, -0.2) is 45.8 Å². The van der Waals surface area contributed by atoms with E-state index < -0.39 is 12.0 Å². The average molecular weight is 334 g/mol. The Bertz CT molecular complexity index is 747. The molecule has 1 aromatic carbocycles. The molecule has 0 spiro atoms. The highest BCUT2D eigenvalue weighted by molar-refractivity contribution is 8.00. The maximum absolute atomic E-state index is 11.9. The molecule has 23 heavy (non-hydrogen) atoms. The number of carboxylic acids is 1. The average Bonchev–Trinajstić information content (AvgIpc) is 3.01. The predicted molar refractivity (Wildman–Crippen MR) is 82.0 cm³/mol. The number of ether oxygens (including phenoxy) is 2. The largest absolute Gasteiger partial charge is 0.477 e. The number of carbonyl (C=O) groups excluding carboxylic acids is 1. The highest BCUT2D eigenvalue weighted by Gasteiger charge is 2.51. The van der Waals surface area contributed by atoms with E-state index in [9.17, 15) is 14.7 Å². The lowest BCUT2D eigenvalue weighted by atomic mass is 9.99. The fourth-order valence-electron chi connectivity index (χ4n) is 3.01. The molecule has 0 radical (unpaired) electrons. The van der Waals surface area contributed by atoms with Crippen molar-refractivity contribution in [1.82, 2.24) is 4.90 Å². The van der Waals surface area contributed by atoms with Gasteiger partial charge in [0.1, 0.15) is 17.1 Å². The van der Waals surface area contributed by atoms with Gasteiger partial charge in [-0.15, -0.1) is 11.8 Å². The molecule has 3 heterocycles. The summed E-state index contributed by atoms with van der Waals surface area (Å²) in [5.74, 6) is 0.457. The Morgan fingerprint density at radius 3 is 2.96 bits per heavy atom. The molecule has 1 amide bonds. The number of nitrogens with zero attached hydrogens (tertiary/aromatic N) is 1. The summed E-state index contributed by atoms with van der Waals surface area (Å²) in [6.45, 7) is 0.194. The highest BCUT2D eigenvalue weighted by Crippen LogP contribution is 2.41. The van der Waals surface area contributed by atoms with Crippen LogP contribution in [0.3, 0.4) is 0 Å². The molecule has 2 atom stereocenters. The smallest absolute Gasteiger partial charge is 0.352 e. The number of fused-ring (bicyclic) bond motifs is 2. The first kappa shape index (κ1) is 14.4. The number of carboxylic acid groups (broad SMARTS) is 1. The van der Waals surface area contributed by atoms with E-state index in [1.165, 1.54) is 16.7 Å². The molecule has 120 valence electrons. The van der Waals surface area contributed by atoms with E-state index in [1.807, 2.05) is 18.2 Å². The van der Waals surface area contributed by atoms with Gasteiger partial charge in [-0.2, -0.15) is 0 Å². The van der Waals surface area contributed by atoms with Crippen LogP contribution in [0.4, 0.5) is 0 Å². The van der Waals surface area contributed by atoms with Crippen LogP contribution < -0.4 is 15.2 Å². The van der Waals surface area contributed by atoms with Gasteiger partial charge in [0.05, 0.1) is 0 Å². The van der Waals surface area contributed by atoms with Crippen molar-refractivity contribution in [2.75, 3.05) is 12.5 Å². The fourth-order valence-corrected chi connectivity index (χ4v) is 4.31. The van der Waals surface area contributed by atoms with E-state index in [-0.39, 0.29) is 23.8 Å². The van der Waals surface area contributed by atoms with Gasteiger partial charge in [-0.3, -0.25) is 9.69 Å². The van der Waals surface area contributed by atoms with E-state index in [0.717, 1.165) is 5.56 Å². The van der Waals surface area contributed by atoms with Crippen LogP contribution in [0.1, 0.15) is 5.56 Å². The second kappa shape index (κ2) is 5.17. The second-order valence-electron chi connectivity index (χ2n) is 5.56. The molecule has 4 rings (SSSR count). The maximum Gasteiger partial charge on any atom is 0.352 e. The molecule has 0 saturated carbocycles. The highest BCUT2D eigenvalue weighted by atomic mass is 32.2. The van der Waals surface area contributed by atoms with Crippen molar-refractivity contribution < 1.29 is 24.2 Å². The van der Waals surface area contributed by atoms with Crippen LogP contribution in [-0.2, 0) is 16.0 Å². The van der Waals surface area contributed by atoms with E-state index in [0.29, 0.717) is 29.2 Å². The lowest BCUT2D eigenvalue weighted by molar-refractivity contribution is -0.148. The second-order valence-corrected chi connectivity index (χ2v) is 6.66. The van der Waals surface area contributed by atoms with Gasteiger partial charge in [0.15, 0.2) is 11.5 Å². The number of amides is 1. The minimum Gasteiger partial charge on any atom is -0.477 e. The number of thioether (sulfide) groups is 1. The van der Waals surface area contributed by atoms with E-state index in [4.69, 9.17) is 15.2 Å². The van der Waals surface area contributed by atoms with Gasteiger partial charge in [-0.05, 0) is 29.7 Å². The van der Waals surface area contributed by atoms with Crippen molar-refractivity contribution in [1.29, 1.82) is 0 Å². The number of hydrogen-bond acceptors (Lipinski definition) is 6. The lowest BCUT2D eigenvalue weighted by Crippen LogP contribution is -2.68. The monoisotopic (exact) mass is 334 g/mol. The summed E-state index contributed by atoms with van der Waals surface area (Å²) in [7, 11) is 0. The van der Waals surface area contributed by atoms with Crippen molar-refractivity contribution in [3.63, 3.8) is 0 Å². The van der Waals surface area contributed by atoms with Crippen LogP contribution in [0.15, 0.2) is 29.5 Å². The molecule has 3 aliphatic rings. The van der Waals surface area contributed by atoms with Gasteiger partial charge < -0.3 is 20.3 Å². The van der Waals surface area contributed by atoms with Gasteiger partial charge in [0.2, 0.25) is 12.7 Å². The number of benzene rings is 1. The maximum atomic E-state index is 11.9. The quantitative estimate of drug-likeness (QED) is 0.778. The van der Waals surface area contributed by atoms with Crippen LogP contribution >= 0.6 is 11.8 Å². The van der Waals surface area contributed by atoms with Crippen LogP contribution in [0.5, 0.6) is 11.5 Å². The minimum absolute atomic E-state index is 0.0677. The molecule has 0 aromatic heterocycles. The molecule has 1 saturated heterocycles. The normalized spacial score (nSPS) is 25.3. The van der Waals surface area contributed by atoms with Crippen molar-refractivity contribution in [3.8, 4) is 11.5 Å². The summed E-state index contributed by atoms with van der Waals surface area (Å²) in [4.78, 5) is 24.9. The Hall–Kier alpha value is -2.19. The number of rotatable bonds is 3. The molecule has 7 nitrogen and oxygen atoms in total. The first-order chi connectivity index (χ1) is 11.1. The number of aliphatic carboxylic acids is 1. The van der Waals surface area contributed by atoms with Gasteiger partial charge in [0.25, 0.3) is 0 Å². The van der Waals surface area contributed by atoms with Gasteiger partial charge in [0, 0.05) is 5.75 Å². The standard InChI is InChI=1S/C15H14N2O5S/c16-11-13(18)17-12(15(19)20)8(5-23-14(11)17)3-7-1-2-9-10(4-7)22-6-21-9/h1-2,4,11,14H,3,5-6,16H2,(H,19,20)/t11-,14-/m1/s1. The van der Waals surface area contributed by atoms with Gasteiger partial charge in [-0.25, -0.2) is 4.79 Å². The molecule has 0 aliphatic carbocycles. The Kier molecular flexibility index (Phi) is 3.24. The third kappa shape index (κ3) is 2.17. The van der Waals surface area contributed by atoms with E-state index >= 15 is 0 Å². The SMILES string of the molecule is N[C@@H]1C(=O)N2C(C(=O)O)=C(Cc3ccc4c(c3)OCO4)CS[C@H]12. The number of hydrogen-bond donors (Lipinski definition) is 2. The zero-order valence-corrected chi connectivity index (χ0v) is 12.8. The Labute approximate surface area is 136 Å². The van der Waals surface area contributed by atoms with Crippen molar-refractivity contribution in [3.05, 3.63) is 35.0 Å². The molecule has 0 unspecified atom stereocenters. The fraction of sp³-hybridized carbons (Fsp3) is 0.333. The third-order valence-electron chi connectivity index (χ3n) is 4.15. The van der Waals surface area contributed by atoms with Crippen LogP contribution in [0, 0.1) is 0 Å². The molecule has 3 N–H and O–H groups in total. The Balaban J connectivity index is 1.66. The summed E-state index contributed by atoms with van der Waals surface area (Å²) in [5, 5.41) is 9.25. The zero-order chi connectivity index (χ0) is 16.1. The summed E-state index contributed by atoms with van der Waals surface area (Å²) in [5.41, 5.74) is 7.43. The minimum atomic E-state index is -1.09. The Morgan fingerprint density at radius 2 is 2.17 bits per heavy atom. The summed E-state index contributed by atoms with van der Waals surface area (Å²) >= 11 is 1.50. The van der Waals surface area contributed by atoms with Crippen LogP contribution in [0.25, 0.3) is 0 Å². The molecular weight excluding hydrogens is 320 g/mol. The number of β-lactam (4-membered cyclic amide) rings is 1. The van der Waals surface area contributed by atoms with E-state index in [2.05, 4.69) is 0 Å². The molecule has 1 aromatic rings. The third-order valence-corrected chi connectivity index (χ3v) is 5.51. The van der Waals surface area contributed by atoms with E-state index in [1.54, 1.807) is 0 Å². The molecule has 8 heteroatoms. The number of carbonyl (C=O) groups is 2. The molecular formula is C15H14N2O5S. The first-order valence-corrected chi connectivity index (χ1v) is 8.15. The zero-order valence-electron chi connectivity index (χ0n) is 12.0. The molecule has 0 bridgehead atoms. The molecule has 3 aliphatic heterocycles. The van der Waals surface area contributed by atoms with Crippen molar-refractivity contribution >= 4 is 23.6 Å². The van der Waals surface area contributed by atoms with Crippen LogP contribution in [0.2, 0.25) is 0 Å².